The van der Waals surface area contributed by atoms with Gasteiger partial charge in [-0.1, -0.05) is 20.8 Å². The monoisotopic (exact) mass is 382 g/mol. The number of hydrogen-bond acceptors (Lipinski definition) is 4. The first-order chi connectivity index (χ1) is 12.7. The van der Waals surface area contributed by atoms with E-state index in [-0.39, 0.29) is 23.7 Å². The van der Waals surface area contributed by atoms with Crippen LogP contribution >= 0.6 is 0 Å². The molecule has 2 aliphatic heterocycles. The van der Waals surface area contributed by atoms with E-state index in [1.54, 1.807) is 0 Å². The summed E-state index contributed by atoms with van der Waals surface area (Å²) in [6.07, 6.45) is 9.51. The molecular weight excluding hydrogens is 344 g/mol. The van der Waals surface area contributed by atoms with Gasteiger partial charge in [-0.15, -0.1) is 0 Å². The van der Waals surface area contributed by atoms with E-state index in [1.807, 2.05) is 0 Å². The smallest absolute Gasteiger partial charge is 0.220 e. The molecular formula is C21H38N2O4. The maximum atomic E-state index is 10.9. The Morgan fingerprint density at radius 1 is 0.704 bits per heavy atom. The average Bonchev–Trinajstić information content (AvgIpc) is 3.21. The Hall–Kier alpha value is -1.14. The molecule has 2 aliphatic carbocycles. The van der Waals surface area contributed by atoms with Gasteiger partial charge in [-0.3, -0.25) is 9.59 Å². The molecule has 2 atom stereocenters. The molecule has 0 spiro atoms. The standard InChI is InChI=1S/C11H21NO.C6H10O2.C4H7NO/c1-11(2,3)9-6-4-8(5-7-9)10(12)13;1-3-7-6-2-4-8-5(1)6;5-4(6)3-1-2-3/h8-9H,4-7H2,1-3H3,(H2,12,13);5-6H,1-4H2;3H,1-2H2,(H2,5,6). The lowest BCUT2D eigenvalue weighted by Gasteiger charge is -2.36. The molecule has 2 saturated carbocycles. The molecule has 6 nitrogen and oxygen atoms in total. The van der Waals surface area contributed by atoms with Crippen molar-refractivity contribution in [3.8, 4) is 0 Å². The summed E-state index contributed by atoms with van der Waals surface area (Å²) in [5.41, 5.74) is 10.5. The molecule has 4 N–H and O–H groups in total. The van der Waals surface area contributed by atoms with Crippen LogP contribution in [0.3, 0.4) is 0 Å². The molecule has 6 heteroatoms. The summed E-state index contributed by atoms with van der Waals surface area (Å²) in [5, 5.41) is 0. The average molecular weight is 383 g/mol. The normalized spacial score (nSPS) is 32.4. The highest BCUT2D eigenvalue weighted by molar-refractivity contribution is 5.78. The minimum Gasteiger partial charge on any atom is -0.375 e. The third-order valence-corrected chi connectivity index (χ3v) is 6.22. The molecule has 0 radical (unpaired) electrons. The van der Waals surface area contributed by atoms with E-state index in [2.05, 4.69) is 20.8 Å². The Balaban J connectivity index is 0.000000158. The van der Waals surface area contributed by atoms with Crippen LogP contribution < -0.4 is 11.5 Å². The van der Waals surface area contributed by atoms with Crippen LogP contribution in [0.1, 0.15) is 72.1 Å². The minimum atomic E-state index is -0.130. The molecule has 0 bridgehead atoms. The van der Waals surface area contributed by atoms with Gasteiger partial charge < -0.3 is 20.9 Å². The molecule has 0 aromatic carbocycles. The van der Waals surface area contributed by atoms with Crippen molar-refractivity contribution in [3.63, 3.8) is 0 Å². The number of fused-ring (bicyclic) bond motifs is 1. The Labute approximate surface area is 163 Å². The number of carbonyl (C=O) groups is 2. The molecule has 2 heterocycles. The van der Waals surface area contributed by atoms with Crippen molar-refractivity contribution < 1.29 is 19.1 Å². The maximum Gasteiger partial charge on any atom is 0.220 e. The van der Waals surface area contributed by atoms with Crippen molar-refractivity contribution in [1.29, 1.82) is 0 Å². The van der Waals surface area contributed by atoms with Crippen molar-refractivity contribution in [1.82, 2.24) is 0 Å². The molecule has 4 aliphatic rings. The zero-order chi connectivity index (χ0) is 20.0. The molecule has 4 rings (SSSR count). The third kappa shape index (κ3) is 7.41. The first-order valence-electron chi connectivity index (χ1n) is 10.5. The fraction of sp³-hybridized carbons (Fsp3) is 0.905. The SMILES string of the molecule is C1CC2OCCC2O1.CC(C)(C)C1CCC(C(N)=O)CC1.NC(=O)C1CC1. The second-order valence-corrected chi connectivity index (χ2v) is 9.39. The predicted octanol–water partition coefficient (Wildman–Crippen LogP) is 2.77. The molecule has 0 aromatic heterocycles. The molecule has 2 saturated heterocycles. The van der Waals surface area contributed by atoms with E-state index in [1.165, 1.54) is 0 Å². The van der Waals surface area contributed by atoms with Crippen LogP contribution in [0.2, 0.25) is 0 Å². The largest absolute Gasteiger partial charge is 0.375 e. The van der Waals surface area contributed by atoms with Crippen molar-refractivity contribution in [2.24, 2.45) is 34.6 Å². The highest BCUT2D eigenvalue weighted by atomic mass is 16.6. The molecule has 27 heavy (non-hydrogen) atoms. The van der Waals surface area contributed by atoms with E-state index in [0.717, 1.165) is 70.5 Å². The van der Waals surface area contributed by atoms with E-state index < -0.39 is 0 Å². The van der Waals surface area contributed by atoms with E-state index >= 15 is 0 Å². The predicted molar refractivity (Wildman–Crippen MR) is 105 cm³/mol. The number of hydrogen-bond donors (Lipinski definition) is 2. The van der Waals surface area contributed by atoms with Crippen LogP contribution in [-0.4, -0.2) is 37.2 Å². The lowest BCUT2D eigenvalue weighted by Crippen LogP contribution is -2.31. The molecule has 2 amide bonds. The van der Waals surface area contributed by atoms with Crippen molar-refractivity contribution in [2.75, 3.05) is 13.2 Å². The first kappa shape index (κ1) is 22.2. The van der Waals surface area contributed by atoms with Gasteiger partial charge in [-0.2, -0.15) is 0 Å². The van der Waals surface area contributed by atoms with Crippen LogP contribution in [0.4, 0.5) is 0 Å². The molecule has 4 fully saturated rings. The molecule has 2 unspecified atom stereocenters. The van der Waals surface area contributed by atoms with Gasteiger partial charge in [0.1, 0.15) is 0 Å². The second kappa shape index (κ2) is 9.87. The maximum absolute atomic E-state index is 10.9. The summed E-state index contributed by atoms with van der Waals surface area (Å²) < 4.78 is 10.7. The molecule has 156 valence electrons. The fourth-order valence-electron chi connectivity index (χ4n) is 4.04. The lowest BCUT2D eigenvalue weighted by atomic mass is 9.70. The summed E-state index contributed by atoms with van der Waals surface area (Å²) >= 11 is 0. The summed E-state index contributed by atoms with van der Waals surface area (Å²) in [6.45, 7) is 8.66. The zero-order valence-corrected chi connectivity index (χ0v) is 17.2. The van der Waals surface area contributed by atoms with Gasteiger partial charge in [0.15, 0.2) is 0 Å². The number of amides is 2. The van der Waals surface area contributed by atoms with Crippen molar-refractivity contribution in [3.05, 3.63) is 0 Å². The van der Waals surface area contributed by atoms with E-state index in [0.29, 0.717) is 17.6 Å². The van der Waals surface area contributed by atoms with Crippen LogP contribution in [0.15, 0.2) is 0 Å². The van der Waals surface area contributed by atoms with E-state index in [4.69, 9.17) is 20.9 Å². The highest BCUT2D eigenvalue weighted by Crippen LogP contribution is 2.39. The number of nitrogens with two attached hydrogens (primary N) is 2. The summed E-state index contributed by atoms with van der Waals surface area (Å²) in [5.74, 6) is 0.925. The van der Waals surface area contributed by atoms with Crippen LogP contribution in [0.5, 0.6) is 0 Å². The zero-order valence-electron chi connectivity index (χ0n) is 17.2. The van der Waals surface area contributed by atoms with Crippen LogP contribution in [0.25, 0.3) is 0 Å². The summed E-state index contributed by atoms with van der Waals surface area (Å²) in [4.78, 5) is 20.9. The van der Waals surface area contributed by atoms with Gasteiger partial charge in [0.2, 0.25) is 11.8 Å². The molecule has 0 aromatic rings. The number of rotatable bonds is 2. The van der Waals surface area contributed by atoms with Crippen LogP contribution in [0, 0.1) is 23.2 Å². The van der Waals surface area contributed by atoms with Crippen molar-refractivity contribution in [2.45, 2.75) is 84.3 Å². The van der Waals surface area contributed by atoms with Gasteiger partial charge >= 0.3 is 0 Å². The summed E-state index contributed by atoms with van der Waals surface area (Å²) in [7, 11) is 0. The van der Waals surface area contributed by atoms with Gasteiger partial charge in [0.25, 0.3) is 0 Å². The quantitative estimate of drug-likeness (QED) is 0.766. The van der Waals surface area contributed by atoms with Gasteiger partial charge in [-0.05, 0) is 62.7 Å². The second-order valence-electron chi connectivity index (χ2n) is 9.39. The Bertz CT molecular complexity index is 471. The first-order valence-corrected chi connectivity index (χ1v) is 10.5. The Morgan fingerprint density at radius 3 is 1.37 bits per heavy atom. The highest BCUT2D eigenvalue weighted by Gasteiger charge is 2.33. The fourth-order valence-corrected chi connectivity index (χ4v) is 4.04. The van der Waals surface area contributed by atoms with Crippen molar-refractivity contribution >= 4 is 11.8 Å². The van der Waals surface area contributed by atoms with Gasteiger partial charge in [0, 0.05) is 25.0 Å². The van der Waals surface area contributed by atoms with Crippen LogP contribution in [-0.2, 0) is 19.1 Å². The Kier molecular flexibility index (Phi) is 8.10. The number of carbonyl (C=O) groups excluding carboxylic acids is 2. The minimum absolute atomic E-state index is 0.104. The Morgan fingerprint density at radius 2 is 1.07 bits per heavy atom. The van der Waals surface area contributed by atoms with Gasteiger partial charge in [0.05, 0.1) is 12.2 Å². The van der Waals surface area contributed by atoms with E-state index in [9.17, 15) is 9.59 Å². The topological polar surface area (TPSA) is 105 Å². The number of ether oxygens (including phenoxy) is 2. The summed E-state index contributed by atoms with van der Waals surface area (Å²) in [6, 6.07) is 0. The third-order valence-electron chi connectivity index (χ3n) is 6.22. The number of primary amides is 2. The van der Waals surface area contributed by atoms with Gasteiger partial charge in [-0.25, -0.2) is 0 Å². The lowest BCUT2D eigenvalue weighted by molar-refractivity contribution is -0.123.